The molecule has 1 saturated heterocycles. The summed E-state index contributed by atoms with van der Waals surface area (Å²) in [4.78, 5) is 2.56. The maximum atomic E-state index is 11.5. The van der Waals surface area contributed by atoms with E-state index in [9.17, 15) is 5.11 Å². The number of nitrogens with zero attached hydrogens (tertiary/aromatic N) is 1. The summed E-state index contributed by atoms with van der Waals surface area (Å²) in [5.74, 6) is 1.92. The molecular formula is C24H29NO3. The summed E-state index contributed by atoms with van der Waals surface area (Å²) in [6, 6.07) is 15.4. The van der Waals surface area contributed by atoms with E-state index in [0.29, 0.717) is 6.79 Å². The Kier molecular flexibility index (Phi) is 4.56. The molecule has 2 aliphatic heterocycles. The fraction of sp³-hybridized carbons (Fsp3) is 0.500. The highest BCUT2D eigenvalue weighted by atomic mass is 16.7. The molecule has 1 N–H and O–H groups in total. The van der Waals surface area contributed by atoms with E-state index >= 15 is 0 Å². The quantitative estimate of drug-likeness (QED) is 0.847. The molecule has 0 amide bonds. The molecule has 3 atom stereocenters. The van der Waals surface area contributed by atoms with Gasteiger partial charge in [-0.15, -0.1) is 0 Å². The monoisotopic (exact) mass is 379 g/mol. The third kappa shape index (κ3) is 3.19. The van der Waals surface area contributed by atoms with Gasteiger partial charge in [0.1, 0.15) is 0 Å². The molecule has 28 heavy (non-hydrogen) atoms. The second-order valence-electron chi connectivity index (χ2n) is 8.72. The number of likely N-dealkylation sites (tertiary alicyclic amines) is 1. The number of aryl methyl sites for hydroxylation is 1. The van der Waals surface area contributed by atoms with Gasteiger partial charge in [0.2, 0.25) is 6.79 Å². The Bertz CT molecular complexity index is 849. The van der Waals surface area contributed by atoms with Gasteiger partial charge < -0.3 is 14.6 Å². The Hall–Kier alpha value is -2.04. The van der Waals surface area contributed by atoms with E-state index in [1.54, 1.807) is 0 Å². The topological polar surface area (TPSA) is 41.9 Å². The summed E-state index contributed by atoms with van der Waals surface area (Å²) in [5.41, 5.74) is 3.32. The first-order valence-corrected chi connectivity index (χ1v) is 10.5. The minimum absolute atomic E-state index is 0.204. The molecule has 3 aliphatic rings. The highest BCUT2D eigenvalue weighted by molar-refractivity contribution is 5.45. The van der Waals surface area contributed by atoms with E-state index in [1.807, 2.05) is 6.07 Å². The van der Waals surface area contributed by atoms with Crippen molar-refractivity contribution in [3.63, 3.8) is 0 Å². The van der Waals surface area contributed by atoms with E-state index in [-0.39, 0.29) is 12.0 Å². The van der Waals surface area contributed by atoms with Crippen molar-refractivity contribution in [3.05, 3.63) is 59.2 Å². The number of fused-ring (bicyclic) bond motifs is 2. The Balaban J connectivity index is 1.50. The van der Waals surface area contributed by atoms with Gasteiger partial charge >= 0.3 is 0 Å². The normalized spacial score (nSPS) is 29.5. The van der Waals surface area contributed by atoms with E-state index in [0.717, 1.165) is 50.3 Å². The molecule has 0 bridgehead atoms. The molecule has 0 aromatic heterocycles. The van der Waals surface area contributed by atoms with Gasteiger partial charge in [-0.1, -0.05) is 48.7 Å². The van der Waals surface area contributed by atoms with Crippen LogP contribution in [0.15, 0.2) is 42.5 Å². The lowest BCUT2D eigenvalue weighted by molar-refractivity contribution is -0.126. The highest BCUT2D eigenvalue weighted by Gasteiger charge is 2.49. The number of hydrogen-bond donors (Lipinski definition) is 1. The molecule has 148 valence electrons. The Morgan fingerprint density at radius 2 is 1.86 bits per heavy atom. The lowest BCUT2D eigenvalue weighted by Crippen LogP contribution is -2.54. The summed E-state index contributed by atoms with van der Waals surface area (Å²) < 4.78 is 11.2. The predicted molar refractivity (Wildman–Crippen MR) is 108 cm³/mol. The number of hydrogen-bond acceptors (Lipinski definition) is 4. The average Bonchev–Trinajstić information content (AvgIpc) is 3.17. The van der Waals surface area contributed by atoms with Gasteiger partial charge in [0, 0.05) is 25.0 Å². The molecule has 2 aromatic carbocycles. The van der Waals surface area contributed by atoms with Crippen molar-refractivity contribution < 1.29 is 14.6 Å². The zero-order chi connectivity index (χ0) is 19.1. The Morgan fingerprint density at radius 1 is 1.04 bits per heavy atom. The molecule has 1 aliphatic carbocycles. The first kappa shape index (κ1) is 18.0. The zero-order valence-electron chi connectivity index (χ0n) is 16.6. The van der Waals surface area contributed by atoms with Crippen LogP contribution in [0.4, 0.5) is 0 Å². The first-order chi connectivity index (χ1) is 13.6. The third-order valence-electron chi connectivity index (χ3n) is 6.92. The van der Waals surface area contributed by atoms with Gasteiger partial charge in [-0.2, -0.15) is 0 Å². The minimum atomic E-state index is -0.539. The number of piperidine rings is 1. The van der Waals surface area contributed by atoms with Crippen LogP contribution in [0.2, 0.25) is 0 Å². The summed E-state index contributed by atoms with van der Waals surface area (Å²) in [6.45, 7) is 4.25. The molecule has 5 rings (SSSR count). The van der Waals surface area contributed by atoms with E-state index in [4.69, 9.17) is 9.47 Å². The highest BCUT2D eigenvalue weighted by Crippen LogP contribution is 2.50. The molecule has 1 saturated carbocycles. The number of ether oxygens (including phenoxy) is 2. The van der Waals surface area contributed by atoms with Crippen LogP contribution in [-0.4, -0.2) is 28.9 Å². The SMILES string of the molecule is Cc1ccc(CN2CC[C@@]3(O)CCCC[C@H]3[C@@H]2c2ccc3c(c2)OCO3)cc1. The number of rotatable bonds is 3. The summed E-state index contributed by atoms with van der Waals surface area (Å²) in [6.07, 6.45) is 5.22. The first-order valence-electron chi connectivity index (χ1n) is 10.5. The van der Waals surface area contributed by atoms with Gasteiger partial charge in [-0.25, -0.2) is 0 Å². The van der Waals surface area contributed by atoms with Crippen molar-refractivity contribution in [2.24, 2.45) is 5.92 Å². The number of aliphatic hydroxyl groups is 1. The smallest absolute Gasteiger partial charge is 0.231 e. The van der Waals surface area contributed by atoms with Crippen LogP contribution in [0.1, 0.15) is 54.8 Å². The Morgan fingerprint density at radius 3 is 2.71 bits per heavy atom. The van der Waals surface area contributed by atoms with E-state index in [2.05, 4.69) is 48.2 Å². The molecule has 2 heterocycles. The third-order valence-corrected chi connectivity index (χ3v) is 6.92. The van der Waals surface area contributed by atoms with Crippen molar-refractivity contribution in [2.75, 3.05) is 13.3 Å². The van der Waals surface area contributed by atoms with Crippen molar-refractivity contribution in [1.29, 1.82) is 0 Å². The molecule has 4 nitrogen and oxygen atoms in total. The molecule has 2 aromatic rings. The molecule has 2 fully saturated rings. The van der Waals surface area contributed by atoms with Crippen LogP contribution in [0, 0.1) is 12.8 Å². The molecule has 0 spiro atoms. The van der Waals surface area contributed by atoms with Crippen LogP contribution >= 0.6 is 0 Å². The van der Waals surface area contributed by atoms with Gasteiger partial charge in [0.05, 0.1) is 5.60 Å². The van der Waals surface area contributed by atoms with Crippen molar-refractivity contribution >= 4 is 0 Å². The van der Waals surface area contributed by atoms with Crippen LogP contribution < -0.4 is 9.47 Å². The van der Waals surface area contributed by atoms with Gasteiger partial charge in [-0.05, 0) is 49.4 Å². The second kappa shape index (κ2) is 7.09. The van der Waals surface area contributed by atoms with E-state index < -0.39 is 5.60 Å². The summed E-state index contributed by atoms with van der Waals surface area (Å²) in [7, 11) is 0. The predicted octanol–water partition coefficient (Wildman–Crippen LogP) is 4.59. The van der Waals surface area contributed by atoms with E-state index in [1.165, 1.54) is 23.1 Å². The molecular weight excluding hydrogens is 350 g/mol. The lowest BCUT2D eigenvalue weighted by atomic mass is 9.66. The average molecular weight is 380 g/mol. The maximum Gasteiger partial charge on any atom is 0.231 e. The fourth-order valence-corrected chi connectivity index (χ4v) is 5.39. The van der Waals surface area contributed by atoms with Crippen LogP contribution in [-0.2, 0) is 6.54 Å². The number of benzene rings is 2. The zero-order valence-corrected chi connectivity index (χ0v) is 16.6. The lowest BCUT2D eigenvalue weighted by Gasteiger charge is -2.52. The van der Waals surface area contributed by atoms with Crippen LogP contribution in [0.3, 0.4) is 0 Å². The van der Waals surface area contributed by atoms with Gasteiger partial charge in [-0.3, -0.25) is 4.90 Å². The minimum Gasteiger partial charge on any atom is -0.454 e. The fourth-order valence-electron chi connectivity index (χ4n) is 5.39. The second-order valence-corrected chi connectivity index (χ2v) is 8.72. The maximum absolute atomic E-state index is 11.5. The Labute approximate surface area is 167 Å². The molecule has 0 unspecified atom stereocenters. The molecule has 4 heteroatoms. The molecule has 0 radical (unpaired) electrons. The van der Waals surface area contributed by atoms with Gasteiger partial charge in [0.15, 0.2) is 11.5 Å². The van der Waals surface area contributed by atoms with Gasteiger partial charge in [0.25, 0.3) is 0 Å². The summed E-state index contributed by atoms with van der Waals surface area (Å²) >= 11 is 0. The largest absolute Gasteiger partial charge is 0.454 e. The standard InChI is InChI=1S/C24H29NO3/c1-17-5-7-18(8-6-17)15-25-13-12-24(26)11-3-2-4-20(24)23(25)19-9-10-21-22(14-19)28-16-27-21/h5-10,14,20,23,26H,2-4,11-13,15-16H2,1H3/t20-,23-,24-/m0/s1. The van der Waals surface area contributed by atoms with Crippen molar-refractivity contribution in [2.45, 2.75) is 57.2 Å². The van der Waals surface area contributed by atoms with Crippen molar-refractivity contribution in [1.82, 2.24) is 4.90 Å². The van der Waals surface area contributed by atoms with Crippen molar-refractivity contribution in [3.8, 4) is 11.5 Å². The summed E-state index contributed by atoms with van der Waals surface area (Å²) in [5, 5.41) is 11.5. The van der Waals surface area contributed by atoms with Crippen LogP contribution in [0.25, 0.3) is 0 Å². The van der Waals surface area contributed by atoms with Crippen LogP contribution in [0.5, 0.6) is 11.5 Å².